The van der Waals surface area contributed by atoms with E-state index in [9.17, 15) is 14.7 Å². The lowest BCUT2D eigenvalue weighted by Crippen LogP contribution is -2.17. The maximum atomic E-state index is 11.9. The van der Waals surface area contributed by atoms with Gasteiger partial charge in [0.15, 0.2) is 0 Å². The minimum Gasteiger partial charge on any atom is -0.494 e. The third kappa shape index (κ3) is 2.93. The molecule has 3 N–H and O–H groups in total. The first-order valence-corrected chi connectivity index (χ1v) is 6.74. The van der Waals surface area contributed by atoms with Gasteiger partial charge < -0.3 is 5.11 Å². The quantitative estimate of drug-likeness (QED) is 0.502. The van der Waals surface area contributed by atoms with Crippen molar-refractivity contribution in [3.63, 3.8) is 0 Å². The Hall–Kier alpha value is -3.48. The number of fused-ring (bicyclic) bond motifs is 1. The van der Waals surface area contributed by atoms with Crippen molar-refractivity contribution in [1.29, 1.82) is 0 Å². The monoisotopic (exact) mass is 308 g/mol. The minimum absolute atomic E-state index is 0.310. The number of aromatic hydroxyl groups is 1. The van der Waals surface area contributed by atoms with E-state index in [2.05, 4.69) is 20.5 Å². The number of H-pyrrole nitrogens is 1. The molecule has 1 aromatic carbocycles. The molecule has 7 heteroatoms. The highest BCUT2D eigenvalue weighted by atomic mass is 16.3. The van der Waals surface area contributed by atoms with E-state index in [1.807, 2.05) is 0 Å². The number of carbonyl (C=O) groups excluding carboxylic acids is 1. The Morgan fingerprint density at radius 3 is 2.61 bits per heavy atom. The summed E-state index contributed by atoms with van der Waals surface area (Å²) in [6.07, 6.45) is 4.28. The van der Waals surface area contributed by atoms with Crippen molar-refractivity contribution in [2.75, 3.05) is 0 Å². The van der Waals surface area contributed by atoms with Gasteiger partial charge in [-0.2, -0.15) is 5.10 Å². The molecule has 0 aliphatic rings. The molecule has 0 saturated carbocycles. The van der Waals surface area contributed by atoms with Crippen LogP contribution in [0.3, 0.4) is 0 Å². The highest BCUT2D eigenvalue weighted by molar-refractivity contribution is 6.02. The van der Waals surface area contributed by atoms with Crippen molar-refractivity contribution in [2.24, 2.45) is 5.10 Å². The number of carbonyl (C=O) groups is 1. The topological polar surface area (TPSA) is 107 Å². The zero-order chi connectivity index (χ0) is 16.2. The zero-order valence-corrected chi connectivity index (χ0v) is 11.9. The molecule has 0 radical (unpaired) electrons. The molecule has 0 unspecified atom stereocenters. The zero-order valence-electron chi connectivity index (χ0n) is 11.9. The van der Waals surface area contributed by atoms with Crippen LogP contribution in [0.15, 0.2) is 58.7 Å². The summed E-state index contributed by atoms with van der Waals surface area (Å²) < 4.78 is 0. The molecule has 0 bridgehead atoms. The van der Waals surface area contributed by atoms with Gasteiger partial charge in [0, 0.05) is 28.7 Å². The highest BCUT2D eigenvalue weighted by Crippen LogP contribution is 2.19. The normalized spacial score (nSPS) is 11.0. The molecule has 3 aromatic rings. The molecule has 0 spiro atoms. The number of pyridine rings is 2. The summed E-state index contributed by atoms with van der Waals surface area (Å²) in [7, 11) is 0. The summed E-state index contributed by atoms with van der Waals surface area (Å²) in [6, 6.07) is 9.90. The van der Waals surface area contributed by atoms with E-state index in [4.69, 9.17) is 0 Å². The van der Waals surface area contributed by atoms with Crippen LogP contribution in [-0.2, 0) is 0 Å². The third-order valence-corrected chi connectivity index (χ3v) is 3.25. The lowest BCUT2D eigenvalue weighted by Gasteiger charge is -2.04. The number of hydrogen-bond acceptors (Lipinski definition) is 5. The first-order chi connectivity index (χ1) is 11.2. The molecule has 3 rings (SSSR count). The maximum absolute atomic E-state index is 11.9. The van der Waals surface area contributed by atoms with Crippen molar-refractivity contribution in [1.82, 2.24) is 15.4 Å². The van der Waals surface area contributed by atoms with Crippen LogP contribution in [0.25, 0.3) is 10.8 Å². The van der Waals surface area contributed by atoms with Crippen LogP contribution in [0.2, 0.25) is 0 Å². The summed E-state index contributed by atoms with van der Waals surface area (Å²) in [5, 5.41) is 14.7. The lowest BCUT2D eigenvalue weighted by atomic mass is 10.1. The van der Waals surface area contributed by atoms with Crippen molar-refractivity contribution in [3.8, 4) is 5.88 Å². The second-order valence-corrected chi connectivity index (χ2v) is 4.70. The predicted octanol–water partition coefficient (Wildman–Crippen LogP) is 1.39. The molecule has 23 heavy (non-hydrogen) atoms. The second-order valence-electron chi connectivity index (χ2n) is 4.70. The predicted molar refractivity (Wildman–Crippen MR) is 85.5 cm³/mol. The fourth-order valence-corrected chi connectivity index (χ4v) is 2.14. The van der Waals surface area contributed by atoms with Gasteiger partial charge >= 0.3 is 0 Å². The van der Waals surface area contributed by atoms with E-state index < -0.39 is 11.5 Å². The number of hydrogen-bond donors (Lipinski definition) is 3. The molecule has 114 valence electrons. The number of nitrogens with one attached hydrogen (secondary N) is 2. The number of aromatic amines is 1. The Bertz CT molecular complexity index is 948. The van der Waals surface area contributed by atoms with Crippen molar-refractivity contribution >= 4 is 22.9 Å². The number of nitrogens with zero attached hydrogens (tertiary/aromatic N) is 2. The van der Waals surface area contributed by atoms with E-state index in [1.54, 1.807) is 36.4 Å². The Labute approximate surface area is 130 Å². The summed E-state index contributed by atoms with van der Waals surface area (Å²) in [5.41, 5.74) is 2.69. The molecule has 2 heterocycles. The van der Waals surface area contributed by atoms with Crippen LogP contribution >= 0.6 is 0 Å². The Morgan fingerprint density at radius 2 is 1.87 bits per heavy atom. The van der Waals surface area contributed by atoms with Crippen LogP contribution < -0.4 is 11.0 Å². The van der Waals surface area contributed by atoms with E-state index in [1.165, 1.54) is 18.6 Å². The minimum atomic E-state index is -0.406. The molecule has 0 fully saturated rings. The Kier molecular flexibility index (Phi) is 3.84. The van der Waals surface area contributed by atoms with Gasteiger partial charge in [-0.1, -0.05) is 18.2 Å². The van der Waals surface area contributed by atoms with Gasteiger partial charge in [0.1, 0.15) is 0 Å². The van der Waals surface area contributed by atoms with Crippen LogP contribution in [0.1, 0.15) is 15.9 Å². The van der Waals surface area contributed by atoms with E-state index in [0.717, 1.165) is 0 Å². The third-order valence-electron chi connectivity index (χ3n) is 3.25. The van der Waals surface area contributed by atoms with Gasteiger partial charge in [-0.3, -0.25) is 19.6 Å². The fraction of sp³-hybridized carbons (Fsp3) is 0. The summed E-state index contributed by atoms with van der Waals surface area (Å²) in [4.78, 5) is 29.8. The smallest absolute Gasteiger partial charge is 0.271 e. The number of hydrazone groups is 1. The molecule has 0 aliphatic heterocycles. The van der Waals surface area contributed by atoms with Gasteiger partial charge in [-0.05, 0) is 18.2 Å². The van der Waals surface area contributed by atoms with Crippen LogP contribution in [-0.4, -0.2) is 27.2 Å². The summed E-state index contributed by atoms with van der Waals surface area (Å²) in [5.74, 6) is -0.715. The average molecular weight is 308 g/mol. The number of rotatable bonds is 3. The summed E-state index contributed by atoms with van der Waals surface area (Å²) >= 11 is 0. The molecule has 7 nitrogen and oxygen atoms in total. The molecular formula is C16H12N4O3. The van der Waals surface area contributed by atoms with Gasteiger partial charge in [-0.25, -0.2) is 5.43 Å². The Balaban J connectivity index is 1.90. The average Bonchev–Trinajstić information content (AvgIpc) is 2.58. The van der Waals surface area contributed by atoms with Crippen LogP contribution in [0.5, 0.6) is 5.88 Å². The van der Waals surface area contributed by atoms with Crippen molar-refractivity contribution in [2.45, 2.75) is 0 Å². The van der Waals surface area contributed by atoms with Crippen molar-refractivity contribution < 1.29 is 9.90 Å². The molecule has 2 aromatic heterocycles. The lowest BCUT2D eigenvalue weighted by molar-refractivity contribution is 0.0955. The molecule has 0 atom stereocenters. The van der Waals surface area contributed by atoms with Crippen LogP contribution in [0.4, 0.5) is 0 Å². The standard InChI is InChI=1S/C16H12N4O3/c21-14(10-5-7-17-8-6-10)20-18-9-13-11-3-1-2-4-12(11)15(22)19-16(13)23/h1-9H,(H,20,21)(H2,19,22,23)/b18-9-. The fourth-order valence-electron chi connectivity index (χ4n) is 2.14. The largest absolute Gasteiger partial charge is 0.494 e. The molecule has 1 amide bonds. The Morgan fingerprint density at radius 1 is 1.17 bits per heavy atom. The van der Waals surface area contributed by atoms with E-state index in [0.29, 0.717) is 21.9 Å². The number of aromatic nitrogens is 2. The first-order valence-electron chi connectivity index (χ1n) is 6.74. The van der Waals surface area contributed by atoms with Crippen molar-refractivity contribution in [3.05, 3.63) is 70.3 Å². The first kappa shape index (κ1) is 14.5. The number of benzene rings is 1. The highest BCUT2D eigenvalue weighted by Gasteiger charge is 2.09. The van der Waals surface area contributed by atoms with Gasteiger partial charge in [0.05, 0.1) is 11.8 Å². The number of amides is 1. The molecule has 0 aliphatic carbocycles. The molecule has 0 saturated heterocycles. The van der Waals surface area contributed by atoms with E-state index >= 15 is 0 Å². The SMILES string of the molecule is O=C(N/N=C\c1c(O)[nH]c(=O)c2ccccc12)c1ccncc1. The van der Waals surface area contributed by atoms with Gasteiger partial charge in [-0.15, -0.1) is 0 Å². The molecular weight excluding hydrogens is 296 g/mol. The van der Waals surface area contributed by atoms with Gasteiger partial charge in [0.25, 0.3) is 11.5 Å². The maximum Gasteiger partial charge on any atom is 0.271 e. The van der Waals surface area contributed by atoms with Crippen LogP contribution in [0, 0.1) is 0 Å². The second kappa shape index (κ2) is 6.10. The van der Waals surface area contributed by atoms with E-state index in [-0.39, 0.29) is 5.88 Å². The summed E-state index contributed by atoms with van der Waals surface area (Å²) in [6.45, 7) is 0. The van der Waals surface area contributed by atoms with Gasteiger partial charge in [0.2, 0.25) is 5.88 Å².